The number of piperidine rings is 2. The molecule has 1 N–H and O–H groups in total. The van der Waals surface area contributed by atoms with Crippen LogP contribution in [0.5, 0.6) is 0 Å². The molecule has 16 heavy (non-hydrogen) atoms. The van der Waals surface area contributed by atoms with Gasteiger partial charge in [-0.2, -0.15) is 0 Å². The molecule has 2 aliphatic heterocycles. The van der Waals surface area contributed by atoms with Gasteiger partial charge < -0.3 is 10.2 Å². The van der Waals surface area contributed by atoms with Crippen molar-refractivity contribution < 1.29 is 0 Å². The molecule has 2 unspecified atom stereocenters. The van der Waals surface area contributed by atoms with Crippen LogP contribution in [0, 0.1) is 11.8 Å². The number of hydrogen-bond donors (Lipinski definition) is 1. The molecule has 0 bridgehead atoms. The fourth-order valence-electron chi connectivity index (χ4n) is 4.04. The van der Waals surface area contributed by atoms with Gasteiger partial charge in [-0.3, -0.25) is 0 Å². The summed E-state index contributed by atoms with van der Waals surface area (Å²) < 4.78 is 0. The van der Waals surface area contributed by atoms with Crippen molar-refractivity contribution >= 4 is 0 Å². The highest BCUT2D eigenvalue weighted by molar-refractivity contribution is 4.89. The SMILES string of the molecule is C1CCC(CN2CCC3NCCCC3C2)C1. The molecule has 2 heteroatoms. The van der Waals surface area contributed by atoms with Crippen LogP contribution in [-0.4, -0.2) is 37.1 Å². The summed E-state index contributed by atoms with van der Waals surface area (Å²) in [6.07, 6.45) is 10.3. The van der Waals surface area contributed by atoms with Gasteiger partial charge in [0.1, 0.15) is 0 Å². The third-order valence-electron chi connectivity index (χ3n) is 4.97. The summed E-state index contributed by atoms with van der Waals surface area (Å²) in [6, 6.07) is 0.855. The summed E-state index contributed by atoms with van der Waals surface area (Å²) in [5, 5.41) is 3.71. The Morgan fingerprint density at radius 2 is 1.88 bits per heavy atom. The summed E-state index contributed by atoms with van der Waals surface area (Å²) in [6.45, 7) is 5.41. The van der Waals surface area contributed by atoms with Gasteiger partial charge in [-0.25, -0.2) is 0 Å². The molecule has 2 atom stereocenters. The highest BCUT2D eigenvalue weighted by atomic mass is 15.2. The van der Waals surface area contributed by atoms with E-state index in [2.05, 4.69) is 10.2 Å². The Bertz CT molecular complexity index is 223. The van der Waals surface area contributed by atoms with Crippen molar-refractivity contribution in [1.29, 1.82) is 0 Å². The van der Waals surface area contributed by atoms with Crippen LogP contribution in [0.2, 0.25) is 0 Å². The highest BCUT2D eigenvalue weighted by Gasteiger charge is 2.31. The molecule has 3 rings (SSSR count). The second-order valence-electron chi connectivity index (χ2n) is 6.16. The Balaban J connectivity index is 1.50. The molecule has 2 saturated heterocycles. The average molecular weight is 222 g/mol. The number of nitrogens with one attached hydrogen (secondary N) is 1. The van der Waals surface area contributed by atoms with E-state index < -0.39 is 0 Å². The molecule has 3 aliphatic rings. The van der Waals surface area contributed by atoms with Gasteiger partial charge in [-0.05, 0) is 57.0 Å². The van der Waals surface area contributed by atoms with Crippen LogP contribution in [0.25, 0.3) is 0 Å². The minimum absolute atomic E-state index is 0.855. The lowest BCUT2D eigenvalue weighted by molar-refractivity contribution is 0.101. The predicted molar refractivity (Wildman–Crippen MR) is 67.5 cm³/mol. The van der Waals surface area contributed by atoms with Crippen molar-refractivity contribution in [3.8, 4) is 0 Å². The van der Waals surface area contributed by atoms with Gasteiger partial charge in [0.25, 0.3) is 0 Å². The monoisotopic (exact) mass is 222 g/mol. The van der Waals surface area contributed by atoms with E-state index in [1.165, 1.54) is 71.1 Å². The number of fused-ring (bicyclic) bond motifs is 1. The summed E-state index contributed by atoms with van der Waals surface area (Å²) in [5.41, 5.74) is 0. The predicted octanol–water partition coefficient (Wildman–Crippen LogP) is 2.25. The van der Waals surface area contributed by atoms with E-state index >= 15 is 0 Å². The molecular formula is C14H26N2. The summed E-state index contributed by atoms with van der Waals surface area (Å²) in [5.74, 6) is 2.00. The lowest BCUT2D eigenvalue weighted by atomic mass is 9.85. The second-order valence-corrected chi connectivity index (χ2v) is 6.16. The molecule has 1 saturated carbocycles. The van der Waals surface area contributed by atoms with Gasteiger partial charge in [0.15, 0.2) is 0 Å². The maximum absolute atomic E-state index is 3.71. The molecule has 0 aromatic heterocycles. The molecule has 2 heterocycles. The second kappa shape index (κ2) is 5.05. The third-order valence-corrected chi connectivity index (χ3v) is 4.97. The molecule has 0 spiro atoms. The van der Waals surface area contributed by atoms with E-state index in [9.17, 15) is 0 Å². The van der Waals surface area contributed by atoms with Gasteiger partial charge >= 0.3 is 0 Å². The van der Waals surface area contributed by atoms with E-state index in [1.54, 1.807) is 0 Å². The number of likely N-dealkylation sites (tertiary alicyclic amines) is 1. The van der Waals surface area contributed by atoms with Gasteiger partial charge in [-0.1, -0.05) is 12.8 Å². The van der Waals surface area contributed by atoms with Crippen LogP contribution < -0.4 is 5.32 Å². The molecule has 0 aromatic carbocycles. The van der Waals surface area contributed by atoms with E-state index in [4.69, 9.17) is 0 Å². The van der Waals surface area contributed by atoms with Crippen molar-refractivity contribution in [2.45, 2.75) is 51.0 Å². The van der Waals surface area contributed by atoms with Gasteiger partial charge in [-0.15, -0.1) is 0 Å². The molecule has 2 nitrogen and oxygen atoms in total. The molecule has 0 aromatic rings. The largest absolute Gasteiger partial charge is 0.314 e. The fourth-order valence-corrected chi connectivity index (χ4v) is 4.04. The van der Waals surface area contributed by atoms with Gasteiger partial charge in [0.2, 0.25) is 0 Å². The molecule has 3 fully saturated rings. The smallest absolute Gasteiger partial charge is 0.0120 e. The zero-order valence-corrected chi connectivity index (χ0v) is 10.5. The number of rotatable bonds is 2. The Morgan fingerprint density at radius 3 is 2.75 bits per heavy atom. The Kier molecular flexibility index (Phi) is 3.49. The Labute approximate surface area is 99.8 Å². The first-order chi connectivity index (χ1) is 7.92. The van der Waals surface area contributed by atoms with Crippen LogP contribution in [0.15, 0.2) is 0 Å². The lowest BCUT2D eigenvalue weighted by Crippen LogP contribution is -2.52. The minimum atomic E-state index is 0.855. The van der Waals surface area contributed by atoms with E-state index in [0.29, 0.717) is 0 Å². The quantitative estimate of drug-likeness (QED) is 0.771. The first-order valence-corrected chi connectivity index (χ1v) is 7.37. The van der Waals surface area contributed by atoms with Gasteiger partial charge in [0.05, 0.1) is 0 Å². The molecule has 92 valence electrons. The standard InChI is InChI=1S/C14H26N2/c1-2-5-12(4-1)10-16-9-7-14-13(11-16)6-3-8-15-14/h12-15H,1-11H2. The van der Waals surface area contributed by atoms with Crippen LogP contribution in [0.1, 0.15) is 44.9 Å². The molecular weight excluding hydrogens is 196 g/mol. The third kappa shape index (κ3) is 2.43. The maximum Gasteiger partial charge on any atom is 0.0120 e. The van der Waals surface area contributed by atoms with Crippen molar-refractivity contribution in [3.63, 3.8) is 0 Å². The van der Waals surface area contributed by atoms with Crippen LogP contribution in [0.4, 0.5) is 0 Å². The summed E-state index contributed by atoms with van der Waals surface area (Å²) in [7, 11) is 0. The summed E-state index contributed by atoms with van der Waals surface area (Å²) in [4.78, 5) is 2.77. The highest BCUT2D eigenvalue weighted by Crippen LogP contribution is 2.29. The van der Waals surface area contributed by atoms with Crippen molar-refractivity contribution in [2.24, 2.45) is 11.8 Å². The van der Waals surface area contributed by atoms with Crippen LogP contribution >= 0.6 is 0 Å². The zero-order valence-electron chi connectivity index (χ0n) is 10.5. The Hall–Kier alpha value is -0.0800. The normalized spacial score (nSPS) is 37.5. The minimum Gasteiger partial charge on any atom is -0.314 e. The van der Waals surface area contributed by atoms with E-state index in [0.717, 1.165) is 17.9 Å². The number of nitrogens with zero attached hydrogens (tertiary/aromatic N) is 1. The van der Waals surface area contributed by atoms with E-state index in [1.807, 2.05) is 0 Å². The maximum atomic E-state index is 3.71. The van der Waals surface area contributed by atoms with Crippen LogP contribution in [-0.2, 0) is 0 Å². The lowest BCUT2D eigenvalue weighted by Gasteiger charge is -2.42. The zero-order chi connectivity index (χ0) is 10.8. The van der Waals surface area contributed by atoms with Crippen molar-refractivity contribution in [3.05, 3.63) is 0 Å². The van der Waals surface area contributed by atoms with Crippen molar-refractivity contribution in [1.82, 2.24) is 10.2 Å². The van der Waals surface area contributed by atoms with Gasteiger partial charge in [0, 0.05) is 19.1 Å². The summed E-state index contributed by atoms with van der Waals surface area (Å²) >= 11 is 0. The van der Waals surface area contributed by atoms with Crippen molar-refractivity contribution in [2.75, 3.05) is 26.2 Å². The fraction of sp³-hybridized carbons (Fsp3) is 1.00. The number of hydrogen-bond acceptors (Lipinski definition) is 2. The average Bonchev–Trinajstić information content (AvgIpc) is 2.82. The van der Waals surface area contributed by atoms with E-state index in [-0.39, 0.29) is 0 Å². The van der Waals surface area contributed by atoms with Crippen LogP contribution in [0.3, 0.4) is 0 Å². The Morgan fingerprint density at radius 1 is 1.00 bits per heavy atom. The first kappa shape index (κ1) is 11.0. The topological polar surface area (TPSA) is 15.3 Å². The molecule has 0 amide bonds. The first-order valence-electron chi connectivity index (χ1n) is 7.37. The molecule has 1 aliphatic carbocycles. The molecule has 0 radical (unpaired) electrons.